The van der Waals surface area contributed by atoms with Gasteiger partial charge in [0.1, 0.15) is 0 Å². The first-order valence-electron chi connectivity index (χ1n) is 6.17. The number of aromatic nitrogens is 1. The summed E-state index contributed by atoms with van der Waals surface area (Å²) >= 11 is 0. The summed E-state index contributed by atoms with van der Waals surface area (Å²) in [6.45, 7) is 3.99. The average molecular weight is 291 g/mol. The van der Waals surface area contributed by atoms with Crippen molar-refractivity contribution in [3.8, 4) is 0 Å². The molecular formula is C14H17N3O2S. The number of anilines is 1. The predicted octanol–water partition coefficient (Wildman–Crippen LogP) is 1.96. The number of nitrogens with zero attached hydrogens (tertiary/aromatic N) is 1. The topological polar surface area (TPSA) is 85.1 Å². The van der Waals surface area contributed by atoms with E-state index in [2.05, 4.69) is 9.71 Å². The Kier molecular flexibility index (Phi) is 4.06. The van der Waals surface area contributed by atoms with Crippen LogP contribution in [0.15, 0.2) is 41.6 Å². The van der Waals surface area contributed by atoms with Crippen LogP contribution in [-0.2, 0) is 16.6 Å². The fourth-order valence-corrected chi connectivity index (χ4v) is 3.34. The lowest BCUT2D eigenvalue weighted by molar-refractivity contribution is 0.600. The van der Waals surface area contributed by atoms with Crippen molar-refractivity contribution in [3.05, 3.63) is 53.3 Å². The van der Waals surface area contributed by atoms with Crippen molar-refractivity contribution >= 4 is 15.7 Å². The number of aryl methyl sites for hydroxylation is 2. The molecule has 0 spiro atoms. The number of nitrogens with two attached hydrogens (primary N) is 1. The minimum absolute atomic E-state index is 0.243. The van der Waals surface area contributed by atoms with Gasteiger partial charge in [-0.2, -0.15) is 0 Å². The molecule has 0 aliphatic rings. The van der Waals surface area contributed by atoms with Crippen molar-refractivity contribution in [1.82, 2.24) is 4.98 Å². The Balaban J connectivity index is 2.44. The van der Waals surface area contributed by atoms with E-state index in [1.807, 2.05) is 13.0 Å². The third-order valence-electron chi connectivity index (χ3n) is 3.06. The molecule has 20 heavy (non-hydrogen) atoms. The monoisotopic (exact) mass is 291 g/mol. The molecule has 0 atom stereocenters. The number of benzene rings is 1. The first-order valence-corrected chi connectivity index (χ1v) is 7.65. The molecule has 0 radical (unpaired) electrons. The standard InChI is InChI=1S/C14H17N3O2S/c1-10-6-11(2)14(7-12(10)8-15)20(18,19)17-13-4-3-5-16-9-13/h3-7,9,17H,8,15H2,1-2H3. The van der Waals surface area contributed by atoms with E-state index in [-0.39, 0.29) is 4.90 Å². The Bertz CT molecular complexity index is 713. The highest BCUT2D eigenvalue weighted by molar-refractivity contribution is 7.92. The maximum atomic E-state index is 12.4. The lowest BCUT2D eigenvalue weighted by Gasteiger charge is -2.13. The number of sulfonamides is 1. The largest absolute Gasteiger partial charge is 0.326 e. The third kappa shape index (κ3) is 2.97. The van der Waals surface area contributed by atoms with Crippen molar-refractivity contribution < 1.29 is 8.42 Å². The molecule has 0 fully saturated rings. The van der Waals surface area contributed by atoms with E-state index in [0.717, 1.165) is 11.1 Å². The lowest BCUT2D eigenvalue weighted by atomic mass is 10.1. The fraction of sp³-hybridized carbons (Fsp3) is 0.214. The van der Waals surface area contributed by atoms with Crippen molar-refractivity contribution in [2.24, 2.45) is 5.73 Å². The summed E-state index contributed by atoms with van der Waals surface area (Å²) in [5.74, 6) is 0. The van der Waals surface area contributed by atoms with Crippen LogP contribution >= 0.6 is 0 Å². The van der Waals surface area contributed by atoms with Gasteiger partial charge >= 0.3 is 0 Å². The summed E-state index contributed by atoms with van der Waals surface area (Å²) in [4.78, 5) is 4.13. The van der Waals surface area contributed by atoms with Gasteiger partial charge in [-0.3, -0.25) is 9.71 Å². The molecular weight excluding hydrogens is 274 g/mol. The van der Waals surface area contributed by atoms with E-state index >= 15 is 0 Å². The number of hydrogen-bond acceptors (Lipinski definition) is 4. The number of rotatable bonds is 4. The van der Waals surface area contributed by atoms with Gasteiger partial charge < -0.3 is 5.73 Å². The van der Waals surface area contributed by atoms with E-state index in [9.17, 15) is 8.42 Å². The van der Waals surface area contributed by atoms with E-state index < -0.39 is 10.0 Å². The minimum Gasteiger partial charge on any atom is -0.326 e. The smallest absolute Gasteiger partial charge is 0.262 e. The normalized spacial score (nSPS) is 11.3. The molecule has 0 saturated carbocycles. The Morgan fingerprint density at radius 2 is 2.00 bits per heavy atom. The third-order valence-corrected chi connectivity index (χ3v) is 4.58. The highest BCUT2D eigenvalue weighted by atomic mass is 32.2. The molecule has 1 heterocycles. The Hall–Kier alpha value is -1.92. The van der Waals surface area contributed by atoms with E-state index in [1.54, 1.807) is 31.3 Å². The van der Waals surface area contributed by atoms with Crippen LogP contribution in [0.2, 0.25) is 0 Å². The maximum absolute atomic E-state index is 12.4. The van der Waals surface area contributed by atoms with E-state index in [0.29, 0.717) is 17.8 Å². The summed E-state index contributed by atoms with van der Waals surface area (Å²) in [6, 6.07) is 6.78. The molecule has 0 bridgehead atoms. The zero-order valence-electron chi connectivity index (χ0n) is 11.4. The van der Waals surface area contributed by atoms with Gasteiger partial charge in [0.25, 0.3) is 10.0 Å². The molecule has 3 N–H and O–H groups in total. The van der Waals surface area contributed by atoms with Gasteiger partial charge in [-0.15, -0.1) is 0 Å². The fourth-order valence-electron chi connectivity index (χ4n) is 2.02. The molecule has 5 nitrogen and oxygen atoms in total. The quantitative estimate of drug-likeness (QED) is 0.901. The highest BCUT2D eigenvalue weighted by Crippen LogP contribution is 2.22. The van der Waals surface area contributed by atoms with Crippen molar-refractivity contribution in [2.45, 2.75) is 25.3 Å². The van der Waals surface area contributed by atoms with Crippen LogP contribution in [0.25, 0.3) is 0 Å². The lowest BCUT2D eigenvalue weighted by Crippen LogP contribution is -2.15. The van der Waals surface area contributed by atoms with Gasteiger partial charge in [0.15, 0.2) is 0 Å². The van der Waals surface area contributed by atoms with Crippen LogP contribution in [0.5, 0.6) is 0 Å². The number of nitrogens with one attached hydrogen (secondary N) is 1. The van der Waals surface area contributed by atoms with Crippen molar-refractivity contribution in [1.29, 1.82) is 0 Å². The summed E-state index contributed by atoms with van der Waals surface area (Å²) in [5.41, 5.74) is 8.58. The van der Waals surface area contributed by atoms with Crippen molar-refractivity contribution in [3.63, 3.8) is 0 Å². The van der Waals surface area contributed by atoms with Gasteiger partial charge in [0.05, 0.1) is 16.8 Å². The van der Waals surface area contributed by atoms with Gasteiger partial charge in [-0.25, -0.2) is 8.42 Å². The molecule has 1 aromatic carbocycles. The number of pyridine rings is 1. The van der Waals surface area contributed by atoms with Crippen LogP contribution in [-0.4, -0.2) is 13.4 Å². The molecule has 2 aromatic rings. The molecule has 6 heteroatoms. The second-order valence-electron chi connectivity index (χ2n) is 4.60. The van der Waals surface area contributed by atoms with Crippen LogP contribution in [0, 0.1) is 13.8 Å². The van der Waals surface area contributed by atoms with Crippen LogP contribution in [0.4, 0.5) is 5.69 Å². The predicted molar refractivity (Wildman–Crippen MR) is 78.9 cm³/mol. The SMILES string of the molecule is Cc1cc(C)c(S(=O)(=O)Nc2cccnc2)cc1CN. The summed E-state index contributed by atoms with van der Waals surface area (Å²) in [6.07, 6.45) is 3.05. The van der Waals surface area contributed by atoms with Gasteiger partial charge in [0.2, 0.25) is 0 Å². The Labute approximate surface area is 118 Å². The summed E-state index contributed by atoms with van der Waals surface area (Å²) < 4.78 is 27.4. The zero-order valence-corrected chi connectivity index (χ0v) is 12.2. The minimum atomic E-state index is -3.64. The van der Waals surface area contributed by atoms with E-state index in [4.69, 9.17) is 5.73 Å². The summed E-state index contributed by atoms with van der Waals surface area (Å²) in [5, 5.41) is 0. The first-order chi connectivity index (χ1) is 9.44. The Morgan fingerprint density at radius 3 is 2.60 bits per heavy atom. The first kappa shape index (κ1) is 14.5. The molecule has 106 valence electrons. The molecule has 1 aromatic heterocycles. The second kappa shape index (κ2) is 5.60. The zero-order chi connectivity index (χ0) is 14.8. The van der Waals surface area contributed by atoms with Crippen LogP contribution in [0.3, 0.4) is 0 Å². The molecule has 0 saturated heterocycles. The van der Waals surface area contributed by atoms with E-state index in [1.165, 1.54) is 6.20 Å². The second-order valence-corrected chi connectivity index (χ2v) is 6.25. The van der Waals surface area contributed by atoms with Gasteiger partial charge in [-0.1, -0.05) is 6.07 Å². The van der Waals surface area contributed by atoms with Crippen LogP contribution < -0.4 is 10.5 Å². The molecule has 0 aliphatic heterocycles. The van der Waals surface area contributed by atoms with Gasteiger partial charge in [0, 0.05) is 12.7 Å². The Morgan fingerprint density at radius 1 is 1.25 bits per heavy atom. The molecule has 0 amide bonds. The van der Waals surface area contributed by atoms with Crippen molar-refractivity contribution in [2.75, 3.05) is 4.72 Å². The maximum Gasteiger partial charge on any atom is 0.262 e. The molecule has 2 rings (SSSR count). The summed E-state index contributed by atoms with van der Waals surface area (Å²) in [7, 11) is -3.64. The van der Waals surface area contributed by atoms with Gasteiger partial charge in [-0.05, 0) is 48.7 Å². The number of hydrogen-bond donors (Lipinski definition) is 2. The van der Waals surface area contributed by atoms with Crippen LogP contribution in [0.1, 0.15) is 16.7 Å². The molecule has 0 aliphatic carbocycles. The molecule has 0 unspecified atom stereocenters. The highest BCUT2D eigenvalue weighted by Gasteiger charge is 2.18. The average Bonchev–Trinajstić information content (AvgIpc) is 2.39.